The Bertz CT molecular complexity index is 1090. The molecular weight excluding hydrogens is 416 g/mol. The number of aromatic nitrogens is 1. The van der Waals surface area contributed by atoms with Crippen molar-refractivity contribution >= 4 is 28.9 Å². The molecular formula is C26H28N4O3. The van der Waals surface area contributed by atoms with Crippen molar-refractivity contribution in [1.82, 2.24) is 10.3 Å². The van der Waals surface area contributed by atoms with Crippen molar-refractivity contribution in [2.45, 2.75) is 25.9 Å². The normalized spacial score (nSPS) is 14.7. The van der Waals surface area contributed by atoms with Gasteiger partial charge in [0.25, 0.3) is 5.91 Å². The number of pyridine rings is 1. The number of fused-ring (bicyclic) bond motifs is 1. The molecule has 2 N–H and O–H groups in total. The van der Waals surface area contributed by atoms with E-state index < -0.39 is 0 Å². The third-order valence-corrected chi connectivity index (χ3v) is 5.38. The third-order valence-electron chi connectivity index (χ3n) is 5.38. The first-order valence-electron chi connectivity index (χ1n) is 11.2. The first-order chi connectivity index (χ1) is 16.1. The lowest BCUT2D eigenvalue weighted by molar-refractivity contribution is -0.118. The quantitative estimate of drug-likeness (QED) is 0.482. The number of rotatable bonds is 9. The Morgan fingerprint density at radius 3 is 2.64 bits per heavy atom. The molecule has 1 aliphatic heterocycles. The van der Waals surface area contributed by atoms with Crippen LogP contribution in [0.2, 0.25) is 0 Å². The van der Waals surface area contributed by atoms with Crippen molar-refractivity contribution < 1.29 is 14.3 Å². The first kappa shape index (κ1) is 22.3. The van der Waals surface area contributed by atoms with E-state index >= 15 is 0 Å². The van der Waals surface area contributed by atoms with Crippen molar-refractivity contribution in [3.05, 3.63) is 78.5 Å². The number of hydrogen-bond acceptors (Lipinski definition) is 6. The van der Waals surface area contributed by atoms with Gasteiger partial charge in [0.1, 0.15) is 23.5 Å². The van der Waals surface area contributed by atoms with Gasteiger partial charge in [-0.3, -0.25) is 9.59 Å². The summed E-state index contributed by atoms with van der Waals surface area (Å²) in [7, 11) is 0. The summed E-state index contributed by atoms with van der Waals surface area (Å²) in [6, 6.07) is 21.1. The second-order valence-corrected chi connectivity index (χ2v) is 8.03. The van der Waals surface area contributed by atoms with Gasteiger partial charge in [-0.2, -0.15) is 0 Å². The summed E-state index contributed by atoms with van der Waals surface area (Å²) in [5.41, 5.74) is 2.39. The monoisotopic (exact) mass is 444 g/mol. The first-order valence-corrected chi connectivity index (χ1v) is 11.2. The lowest BCUT2D eigenvalue weighted by atomic mass is 10.1. The van der Waals surface area contributed by atoms with Crippen molar-refractivity contribution in [2.24, 2.45) is 0 Å². The Morgan fingerprint density at radius 2 is 1.88 bits per heavy atom. The molecule has 1 amide bonds. The topological polar surface area (TPSA) is 83.6 Å². The largest absolute Gasteiger partial charge is 0.486 e. The number of hydrogen-bond donors (Lipinski definition) is 2. The van der Waals surface area contributed by atoms with Crippen molar-refractivity contribution in [2.75, 3.05) is 29.9 Å². The van der Waals surface area contributed by atoms with Crippen LogP contribution in [0.5, 0.6) is 5.75 Å². The number of nitrogens with zero attached hydrogens (tertiary/aromatic N) is 2. The van der Waals surface area contributed by atoms with Crippen molar-refractivity contribution in [1.29, 1.82) is 0 Å². The summed E-state index contributed by atoms with van der Waals surface area (Å²) in [6.45, 7) is 3.38. The second kappa shape index (κ2) is 10.6. The van der Waals surface area contributed by atoms with Crippen LogP contribution in [0.3, 0.4) is 0 Å². The van der Waals surface area contributed by atoms with Crippen LogP contribution in [0.4, 0.5) is 17.2 Å². The molecule has 170 valence electrons. The SMILES string of the molecule is CC(=O)CC1CN(c2ccccc2)c2cc(C(=O)NCCCNc3ccccn3)ccc2O1. The van der Waals surface area contributed by atoms with E-state index in [1.165, 1.54) is 0 Å². The Kier molecular flexibility index (Phi) is 7.19. The number of nitrogens with one attached hydrogen (secondary N) is 2. The van der Waals surface area contributed by atoms with Gasteiger partial charge in [0.2, 0.25) is 0 Å². The van der Waals surface area contributed by atoms with Gasteiger partial charge < -0.3 is 20.3 Å². The average Bonchev–Trinajstić information content (AvgIpc) is 2.84. The molecule has 1 atom stereocenters. The maximum absolute atomic E-state index is 12.8. The van der Waals surface area contributed by atoms with Crippen LogP contribution in [-0.4, -0.2) is 42.4 Å². The van der Waals surface area contributed by atoms with Gasteiger partial charge in [-0.15, -0.1) is 0 Å². The number of ketones is 1. The average molecular weight is 445 g/mol. The molecule has 0 radical (unpaired) electrons. The predicted molar refractivity (Wildman–Crippen MR) is 129 cm³/mol. The summed E-state index contributed by atoms with van der Waals surface area (Å²) < 4.78 is 6.08. The molecule has 0 fully saturated rings. The Balaban J connectivity index is 1.42. The van der Waals surface area contributed by atoms with E-state index in [9.17, 15) is 9.59 Å². The van der Waals surface area contributed by atoms with Gasteiger partial charge in [-0.1, -0.05) is 24.3 Å². The summed E-state index contributed by atoms with van der Waals surface area (Å²) in [6.07, 6.45) is 2.63. The molecule has 0 saturated heterocycles. The minimum absolute atomic E-state index is 0.0880. The Morgan fingerprint density at radius 1 is 1.06 bits per heavy atom. The lowest BCUT2D eigenvalue weighted by Crippen LogP contribution is -2.38. The zero-order chi connectivity index (χ0) is 23.0. The molecule has 7 nitrogen and oxygen atoms in total. The molecule has 1 unspecified atom stereocenters. The molecule has 4 rings (SSSR count). The maximum Gasteiger partial charge on any atom is 0.251 e. The van der Waals surface area contributed by atoms with E-state index in [4.69, 9.17) is 4.74 Å². The highest BCUT2D eigenvalue weighted by molar-refractivity contribution is 5.96. The number of para-hydroxylation sites is 1. The van der Waals surface area contributed by atoms with Crippen LogP contribution >= 0.6 is 0 Å². The number of Topliss-reactive ketones (excluding diaryl/α,β-unsaturated/α-hetero) is 1. The summed E-state index contributed by atoms with van der Waals surface area (Å²) in [5.74, 6) is 1.45. The smallest absolute Gasteiger partial charge is 0.251 e. The molecule has 0 bridgehead atoms. The van der Waals surface area contributed by atoms with Gasteiger partial charge in [0.15, 0.2) is 0 Å². The van der Waals surface area contributed by atoms with Crippen molar-refractivity contribution in [3.63, 3.8) is 0 Å². The number of amides is 1. The molecule has 2 aromatic carbocycles. The summed E-state index contributed by atoms with van der Waals surface area (Å²) in [4.78, 5) is 30.8. The van der Waals surface area contributed by atoms with Crippen LogP contribution in [-0.2, 0) is 4.79 Å². The Labute approximate surface area is 193 Å². The zero-order valence-corrected chi connectivity index (χ0v) is 18.7. The van der Waals surface area contributed by atoms with E-state index in [0.717, 1.165) is 23.6 Å². The molecule has 0 saturated carbocycles. The van der Waals surface area contributed by atoms with E-state index in [1.54, 1.807) is 19.2 Å². The van der Waals surface area contributed by atoms with Gasteiger partial charge >= 0.3 is 0 Å². The number of anilines is 3. The molecule has 0 aliphatic carbocycles. The minimum atomic E-state index is -0.235. The fourth-order valence-electron chi connectivity index (χ4n) is 3.84. The zero-order valence-electron chi connectivity index (χ0n) is 18.7. The molecule has 1 aromatic heterocycles. The number of carbonyl (C=O) groups excluding carboxylic acids is 2. The highest BCUT2D eigenvalue weighted by Gasteiger charge is 2.28. The molecule has 33 heavy (non-hydrogen) atoms. The second-order valence-electron chi connectivity index (χ2n) is 8.03. The van der Waals surface area contributed by atoms with Gasteiger partial charge in [-0.05, 0) is 55.8 Å². The number of carbonyl (C=O) groups is 2. The van der Waals surface area contributed by atoms with E-state index in [0.29, 0.717) is 37.4 Å². The summed E-state index contributed by atoms with van der Waals surface area (Å²) in [5, 5.41) is 6.21. The maximum atomic E-state index is 12.8. The van der Waals surface area contributed by atoms with Crippen LogP contribution in [0, 0.1) is 0 Å². The number of benzene rings is 2. The van der Waals surface area contributed by atoms with Crippen LogP contribution in [0.1, 0.15) is 30.1 Å². The van der Waals surface area contributed by atoms with Crippen LogP contribution in [0.25, 0.3) is 0 Å². The fraction of sp³-hybridized carbons (Fsp3) is 0.269. The molecule has 2 heterocycles. The molecule has 3 aromatic rings. The lowest BCUT2D eigenvalue weighted by Gasteiger charge is -2.36. The Hall–Kier alpha value is -3.87. The van der Waals surface area contributed by atoms with Gasteiger partial charge in [0.05, 0.1) is 12.2 Å². The predicted octanol–water partition coefficient (Wildman–Crippen LogP) is 4.19. The number of ether oxygens (including phenoxy) is 1. The van der Waals surface area contributed by atoms with E-state index in [1.807, 2.05) is 60.7 Å². The summed E-state index contributed by atoms with van der Waals surface area (Å²) >= 11 is 0. The minimum Gasteiger partial charge on any atom is -0.486 e. The highest BCUT2D eigenvalue weighted by atomic mass is 16.5. The molecule has 0 spiro atoms. The van der Waals surface area contributed by atoms with Gasteiger partial charge in [-0.25, -0.2) is 4.98 Å². The fourth-order valence-corrected chi connectivity index (χ4v) is 3.84. The third kappa shape index (κ3) is 5.88. The molecule has 1 aliphatic rings. The van der Waals surface area contributed by atoms with E-state index in [-0.39, 0.29) is 17.8 Å². The van der Waals surface area contributed by atoms with E-state index in [2.05, 4.69) is 20.5 Å². The standard InChI is InChI=1S/C26H28N4O3/c1-19(31)16-22-18-30(21-8-3-2-4-9-21)23-17-20(11-12-24(23)33-22)26(32)29-15-7-14-28-25-10-5-6-13-27-25/h2-6,8-13,17,22H,7,14-16,18H2,1H3,(H,27,28)(H,29,32). The highest BCUT2D eigenvalue weighted by Crippen LogP contribution is 2.39. The molecule has 7 heteroatoms. The van der Waals surface area contributed by atoms with Crippen LogP contribution in [0.15, 0.2) is 72.9 Å². The van der Waals surface area contributed by atoms with Gasteiger partial charge in [0, 0.05) is 37.0 Å². The van der Waals surface area contributed by atoms with Crippen LogP contribution < -0.4 is 20.3 Å². The van der Waals surface area contributed by atoms with Crippen molar-refractivity contribution in [3.8, 4) is 5.75 Å².